The zero-order chi connectivity index (χ0) is 22.6. The summed E-state index contributed by atoms with van der Waals surface area (Å²) in [5.74, 6) is 1.13. The number of aromatic nitrogens is 2. The second-order valence-corrected chi connectivity index (χ2v) is 6.80. The topological polar surface area (TPSA) is 98.9 Å². The molecule has 31 heavy (non-hydrogen) atoms. The average molecular weight is 430 g/mol. The lowest BCUT2D eigenvalue weighted by molar-refractivity contribution is 0.129. The molecule has 1 N–H and O–H groups in total. The highest BCUT2D eigenvalue weighted by atomic mass is 16.5. The molecule has 168 valence electrons. The van der Waals surface area contributed by atoms with Gasteiger partial charge < -0.3 is 14.2 Å². The zero-order valence-corrected chi connectivity index (χ0v) is 18.7. The first-order valence-corrected chi connectivity index (χ1v) is 10.3. The maximum atomic E-state index is 11.3. The van der Waals surface area contributed by atoms with Gasteiger partial charge in [0.2, 0.25) is 0 Å². The molecule has 0 saturated heterocycles. The summed E-state index contributed by atoms with van der Waals surface area (Å²) in [6.45, 7) is 13.1. The minimum Gasteiger partial charge on any atom is -0.490 e. The Kier molecular flexibility index (Phi) is 9.77. The molecule has 0 saturated carbocycles. The molecule has 0 spiro atoms. The second kappa shape index (κ2) is 12.5. The maximum Gasteiger partial charge on any atom is 0.439 e. The summed E-state index contributed by atoms with van der Waals surface area (Å²) in [7, 11) is 0. The molecule has 1 heterocycles. The minimum absolute atomic E-state index is 0.200. The smallest absolute Gasteiger partial charge is 0.439 e. The minimum atomic E-state index is -0.591. The quantitative estimate of drug-likeness (QED) is 0.302. The van der Waals surface area contributed by atoms with Crippen molar-refractivity contribution >= 4 is 12.3 Å². The van der Waals surface area contributed by atoms with E-state index in [9.17, 15) is 4.79 Å². The molecule has 1 aliphatic carbocycles. The molecular weight excluding hydrogens is 398 g/mol. The van der Waals surface area contributed by atoms with Gasteiger partial charge in [0.1, 0.15) is 24.7 Å². The molecule has 0 fully saturated rings. The lowest BCUT2D eigenvalue weighted by atomic mass is 10.1. The average Bonchev–Trinajstić information content (AvgIpc) is 3.11. The van der Waals surface area contributed by atoms with Crippen LogP contribution >= 0.6 is 0 Å². The van der Waals surface area contributed by atoms with Crippen molar-refractivity contribution < 1.29 is 18.7 Å². The van der Waals surface area contributed by atoms with Crippen LogP contribution in [0.3, 0.4) is 0 Å². The van der Waals surface area contributed by atoms with Gasteiger partial charge in [-0.3, -0.25) is 14.5 Å². The Morgan fingerprint density at radius 2 is 2.16 bits per heavy atom. The monoisotopic (exact) mass is 429 g/mol. The Bertz CT molecular complexity index is 960. The van der Waals surface area contributed by atoms with E-state index in [1.807, 2.05) is 45.1 Å². The summed E-state index contributed by atoms with van der Waals surface area (Å²) >= 11 is 0. The molecule has 0 radical (unpaired) electrons. The van der Waals surface area contributed by atoms with Gasteiger partial charge in [-0.15, -0.1) is 0 Å². The van der Waals surface area contributed by atoms with Gasteiger partial charge in [0.15, 0.2) is 11.6 Å². The van der Waals surface area contributed by atoms with Crippen LogP contribution in [0.4, 0.5) is 0 Å². The predicted octanol–water partition coefficient (Wildman–Crippen LogP) is 4.32. The van der Waals surface area contributed by atoms with Crippen LogP contribution in [0, 0.1) is 0 Å². The molecule has 0 aliphatic heterocycles. The summed E-state index contributed by atoms with van der Waals surface area (Å²) in [6, 6.07) is 0. The van der Waals surface area contributed by atoms with Crippen molar-refractivity contribution in [1.82, 2.24) is 10.1 Å². The molecule has 8 nitrogen and oxygen atoms in total. The van der Waals surface area contributed by atoms with Crippen LogP contribution in [0.2, 0.25) is 0 Å². The van der Waals surface area contributed by atoms with Crippen molar-refractivity contribution in [2.45, 2.75) is 40.5 Å². The van der Waals surface area contributed by atoms with Crippen LogP contribution in [0.5, 0.6) is 0 Å². The lowest BCUT2D eigenvalue weighted by Gasteiger charge is -2.17. The molecular formula is C23H31N3O5. The van der Waals surface area contributed by atoms with Gasteiger partial charge in [-0.25, -0.2) is 4.79 Å². The first-order chi connectivity index (χ1) is 15.0. The highest BCUT2D eigenvalue weighted by Gasteiger charge is 2.14. The number of hydrogen-bond acceptors (Lipinski definition) is 7. The Hall–Kier alpha value is -3.13. The van der Waals surface area contributed by atoms with Gasteiger partial charge in [-0.05, 0) is 51.1 Å². The molecule has 0 unspecified atom stereocenters. The number of aromatic amines is 1. The molecule has 1 aliphatic rings. The highest BCUT2D eigenvalue weighted by Crippen LogP contribution is 2.24. The number of allylic oxidation sites excluding steroid dienone is 6. The lowest BCUT2D eigenvalue weighted by Crippen LogP contribution is -2.10. The fourth-order valence-electron chi connectivity index (χ4n) is 2.86. The number of nitrogens with zero attached hydrogens (tertiary/aromatic N) is 2. The third-order valence-corrected chi connectivity index (χ3v) is 4.74. The number of hydrogen-bond donors (Lipinski definition) is 1. The zero-order valence-electron chi connectivity index (χ0n) is 18.7. The van der Waals surface area contributed by atoms with Crippen molar-refractivity contribution in [1.29, 1.82) is 0 Å². The van der Waals surface area contributed by atoms with E-state index >= 15 is 0 Å². The Morgan fingerprint density at radius 3 is 2.77 bits per heavy atom. The molecule has 0 amide bonds. The number of rotatable bonds is 12. The van der Waals surface area contributed by atoms with Crippen LogP contribution in [-0.4, -0.2) is 43.3 Å². The van der Waals surface area contributed by atoms with Crippen molar-refractivity contribution in [2.75, 3.05) is 26.4 Å². The predicted molar refractivity (Wildman–Crippen MR) is 121 cm³/mol. The normalized spacial score (nSPS) is 15.4. The third-order valence-electron chi connectivity index (χ3n) is 4.74. The highest BCUT2D eigenvalue weighted by molar-refractivity contribution is 5.74. The van der Waals surface area contributed by atoms with Gasteiger partial charge in [0.25, 0.3) is 0 Å². The van der Waals surface area contributed by atoms with E-state index in [4.69, 9.17) is 14.2 Å². The Morgan fingerprint density at radius 1 is 1.35 bits per heavy atom. The number of ether oxygens (including phenoxy) is 3. The first kappa shape index (κ1) is 24.1. The SMILES string of the molecule is C=N/C(COCC)=C(/COC1=CC(C)=C(c2noc(=O)[nH]2)C=CC1)OC/C(=C/C)CC. The largest absolute Gasteiger partial charge is 0.490 e. The van der Waals surface area contributed by atoms with Crippen molar-refractivity contribution in [3.63, 3.8) is 0 Å². The third kappa shape index (κ3) is 7.25. The van der Waals surface area contributed by atoms with E-state index in [2.05, 4.69) is 33.3 Å². The van der Waals surface area contributed by atoms with Gasteiger partial charge in [-0.2, -0.15) is 0 Å². The number of nitrogens with one attached hydrogen (secondary N) is 1. The molecule has 0 aromatic carbocycles. The fourth-order valence-corrected chi connectivity index (χ4v) is 2.86. The van der Waals surface area contributed by atoms with Gasteiger partial charge in [0, 0.05) is 18.6 Å². The van der Waals surface area contributed by atoms with Crippen LogP contribution in [0.25, 0.3) is 5.57 Å². The summed E-state index contributed by atoms with van der Waals surface area (Å²) in [5.41, 5.74) is 3.45. The van der Waals surface area contributed by atoms with Crippen LogP contribution in [0.1, 0.15) is 46.4 Å². The fraction of sp³-hybridized carbons (Fsp3) is 0.435. The first-order valence-electron chi connectivity index (χ1n) is 10.3. The Balaban J connectivity index is 2.20. The van der Waals surface area contributed by atoms with E-state index in [0.717, 1.165) is 23.3 Å². The molecule has 0 atom stereocenters. The summed E-state index contributed by atoms with van der Waals surface area (Å²) in [5, 5.41) is 3.76. The van der Waals surface area contributed by atoms with Crippen LogP contribution < -0.4 is 5.76 Å². The second-order valence-electron chi connectivity index (χ2n) is 6.80. The number of H-pyrrole nitrogens is 1. The molecule has 2 rings (SSSR count). The molecule has 0 bridgehead atoms. The van der Waals surface area contributed by atoms with Gasteiger partial charge in [0.05, 0.1) is 6.61 Å². The van der Waals surface area contributed by atoms with E-state index < -0.39 is 5.76 Å². The number of aliphatic imine (C=N–C) groups is 1. The van der Waals surface area contributed by atoms with Crippen molar-refractivity contribution in [3.05, 3.63) is 69.0 Å². The van der Waals surface area contributed by atoms with E-state index in [0.29, 0.717) is 43.5 Å². The van der Waals surface area contributed by atoms with Crippen LogP contribution in [0.15, 0.2) is 67.0 Å². The molecule has 1 aromatic heterocycles. The Labute approximate surface area is 182 Å². The van der Waals surface area contributed by atoms with E-state index in [1.54, 1.807) is 0 Å². The van der Waals surface area contributed by atoms with Crippen molar-refractivity contribution in [3.8, 4) is 0 Å². The summed E-state index contributed by atoms with van der Waals surface area (Å²) in [6.07, 6.45) is 9.26. The van der Waals surface area contributed by atoms with Gasteiger partial charge >= 0.3 is 5.76 Å². The van der Waals surface area contributed by atoms with Gasteiger partial charge in [-0.1, -0.05) is 30.3 Å². The summed E-state index contributed by atoms with van der Waals surface area (Å²) in [4.78, 5) is 17.9. The summed E-state index contributed by atoms with van der Waals surface area (Å²) < 4.78 is 22.2. The van der Waals surface area contributed by atoms with Crippen LogP contribution in [-0.2, 0) is 14.2 Å². The molecule has 8 heteroatoms. The van der Waals surface area contributed by atoms with Crippen molar-refractivity contribution in [2.24, 2.45) is 4.99 Å². The molecule has 1 aromatic rings. The standard InChI is InChI=1S/C23H31N3O5/c1-6-17(7-2)13-30-21(20(24-5)14-28-8-3)15-29-18-10-9-11-19(16(4)12-18)22-25-23(27)31-26-22/h6,9,11-12H,5,7-8,10,13-15H2,1-4H3,(H,25,26,27)/b17-6+,21-20-. The van der Waals surface area contributed by atoms with E-state index in [1.165, 1.54) is 5.57 Å². The maximum absolute atomic E-state index is 11.3. The van der Waals surface area contributed by atoms with E-state index in [-0.39, 0.29) is 6.61 Å².